The number of rotatable bonds is 6. The average molecular weight is 487 g/mol. The van der Waals surface area contributed by atoms with Crippen molar-refractivity contribution in [2.45, 2.75) is 58.6 Å². The van der Waals surface area contributed by atoms with Crippen molar-refractivity contribution in [2.75, 3.05) is 39.3 Å². The van der Waals surface area contributed by atoms with Gasteiger partial charge in [-0.2, -0.15) is 0 Å². The molecule has 9 nitrogen and oxygen atoms in total. The lowest BCUT2D eigenvalue weighted by molar-refractivity contribution is -0.136. The highest BCUT2D eigenvalue weighted by Crippen LogP contribution is 2.29. The third kappa shape index (κ3) is 7.44. The molecule has 2 saturated heterocycles. The molecule has 3 rings (SSSR count). The SMILES string of the molecule is CC(c1ccccc1)N1CC(C(=O)N2CCCN(C(=O)CCNC(=O)OC(C)(C)C)CC2)CC1=O. The fourth-order valence-electron chi connectivity index (χ4n) is 4.57. The highest BCUT2D eigenvalue weighted by atomic mass is 16.6. The molecular formula is C26H38N4O5. The topological polar surface area (TPSA) is 99.3 Å². The van der Waals surface area contributed by atoms with Crippen molar-refractivity contribution in [1.29, 1.82) is 0 Å². The van der Waals surface area contributed by atoms with E-state index in [0.717, 1.165) is 5.56 Å². The third-order valence-electron chi connectivity index (χ3n) is 6.42. The molecule has 0 saturated carbocycles. The Kier molecular flexibility index (Phi) is 8.75. The van der Waals surface area contributed by atoms with Crippen LogP contribution in [0.1, 0.15) is 58.6 Å². The zero-order valence-electron chi connectivity index (χ0n) is 21.3. The first-order chi connectivity index (χ1) is 16.5. The summed E-state index contributed by atoms with van der Waals surface area (Å²) in [5.41, 5.74) is 0.467. The Bertz CT molecular complexity index is 914. The second kappa shape index (κ2) is 11.6. The number of likely N-dealkylation sites (tertiary alicyclic amines) is 1. The van der Waals surface area contributed by atoms with Crippen LogP contribution in [0.15, 0.2) is 30.3 Å². The van der Waals surface area contributed by atoms with E-state index in [-0.39, 0.29) is 49.1 Å². The molecule has 2 heterocycles. The van der Waals surface area contributed by atoms with Gasteiger partial charge < -0.3 is 24.8 Å². The maximum absolute atomic E-state index is 13.2. The number of benzene rings is 1. The summed E-state index contributed by atoms with van der Waals surface area (Å²) in [5, 5.41) is 2.61. The smallest absolute Gasteiger partial charge is 0.407 e. The number of carbonyl (C=O) groups excluding carboxylic acids is 4. The number of nitrogens with one attached hydrogen (secondary N) is 1. The van der Waals surface area contributed by atoms with Crippen LogP contribution < -0.4 is 5.32 Å². The van der Waals surface area contributed by atoms with Crippen molar-refractivity contribution < 1.29 is 23.9 Å². The Labute approximate surface area is 207 Å². The molecule has 9 heteroatoms. The number of alkyl carbamates (subject to hydrolysis) is 1. The Morgan fingerprint density at radius 3 is 2.40 bits per heavy atom. The summed E-state index contributed by atoms with van der Waals surface area (Å²) in [6.45, 7) is 9.99. The first-order valence-electron chi connectivity index (χ1n) is 12.4. The first kappa shape index (κ1) is 26.5. The van der Waals surface area contributed by atoms with E-state index >= 15 is 0 Å². The van der Waals surface area contributed by atoms with E-state index in [4.69, 9.17) is 4.74 Å². The quantitative estimate of drug-likeness (QED) is 0.666. The summed E-state index contributed by atoms with van der Waals surface area (Å²) in [4.78, 5) is 55.6. The van der Waals surface area contributed by atoms with E-state index in [1.807, 2.05) is 37.3 Å². The van der Waals surface area contributed by atoms with Gasteiger partial charge in [0.25, 0.3) is 0 Å². The fourth-order valence-corrected chi connectivity index (χ4v) is 4.57. The first-order valence-corrected chi connectivity index (χ1v) is 12.4. The lowest BCUT2D eigenvalue weighted by Gasteiger charge is -2.27. The van der Waals surface area contributed by atoms with Crippen LogP contribution in [0.2, 0.25) is 0 Å². The van der Waals surface area contributed by atoms with Gasteiger partial charge in [0, 0.05) is 52.1 Å². The highest BCUT2D eigenvalue weighted by molar-refractivity contribution is 5.89. The number of carbonyl (C=O) groups is 4. The van der Waals surface area contributed by atoms with Crippen molar-refractivity contribution in [3.8, 4) is 0 Å². The molecule has 1 aromatic carbocycles. The lowest BCUT2D eigenvalue weighted by Crippen LogP contribution is -2.41. The molecule has 0 aromatic heterocycles. The van der Waals surface area contributed by atoms with Crippen LogP contribution in [0.3, 0.4) is 0 Å². The summed E-state index contributed by atoms with van der Waals surface area (Å²) in [5.74, 6) is -0.422. The van der Waals surface area contributed by atoms with E-state index in [1.165, 1.54) is 0 Å². The van der Waals surface area contributed by atoms with Gasteiger partial charge in [-0.25, -0.2) is 4.79 Å². The molecule has 1 aromatic rings. The monoisotopic (exact) mass is 486 g/mol. The van der Waals surface area contributed by atoms with Crippen LogP contribution in [-0.4, -0.2) is 83.4 Å². The Morgan fingerprint density at radius 1 is 1.06 bits per heavy atom. The second-order valence-corrected chi connectivity index (χ2v) is 10.3. The molecule has 2 unspecified atom stereocenters. The Morgan fingerprint density at radius 2 is 1.71 bits per heavy atom. The van der Waals surface area contributed by atoms with Crippen molar-refractivity contribution in [1.82, 2.24) is 20.0 Å². The van der Waals surface area contributed by atoms with E-state index in [9.17, 15) is 19.2 Å². The third-order valence-corrected chi connectivity index (χ3v) is 6.42. The maximum atomic E-state index is 13.2. The number of hydrogen-bond acceptors (Lipinski definition) is 5. The van der Waals surface area contributed by atoms with Gasteiger partial charge in [-0.1, -0.05) is 30.3 Å². The van der Waals surface area contributed by atoms with Crippen LogP contribution in [-0.2, 0) is 19.1 Å². The zero-order chi connectivity index (χ0) is 25.6. The molecule has 0 spiro atoms. The Balaban J connectivity index is 1.46. The van der Waals surface area contributed by atoms with Gasteiger partial charge in [-0.15, -0.1) is 0 Å². The minimum Gasteiger partial charge on any atom is -0.444 e. The molecule has 35 heavy (non-hydrogen) atoms. The van der Waals surface area contributed by atoms with Crippen molar-refractivity contribution in [2.24, 2.45) is 5.92 Å². The average Bonchev–Trinajstić information content (AvgIpc) is 3.02. The molecular weight excluding hydrogens is 448 g/mol. The summed E-state index contributed by atoms with van der Waals surface area (Å²) in [6.07, 6.45) is 0.545. The van der Waals surface area contributed by atoms with Gasteiger partial charge in [0.1, 0.15) is 5.60 Å². The van der Waals surface area contributed by atoms with Crippen molar-refractivity contribution >= 4 is 23.8 Å². The Hall–Kier alpha value is -3.10. The number of hydrogen-bond donors (Lipinski definition) is 1. The zero-order valence-corrected chi connectivity index (χ0v) is 21.3. The molecule has 2 atom stereocenters. The molecule has 1 N–H and O–H groups in total. The van der Waals surface area contributed by atoms with Crippen LogP contribution in [0.4, 0.5) is 4.79 Å². The van der Waals surface area contributed by atoms with Crippen LogP contribution in [0, 0.1) is 5.92 Å². The molecule has 0 aliphatic carbocycles. The molecule has 2 aliphatic rings. The van der Waals surface area contributed by atoms with E-state index in [1.54, 1.807) is 35.5 Å². The molecule has 2 aliphatic heterocycles. The lowest BCUT2D eigenvalue weighted by atomic mass is 10.1. The van der Waals surface area contributed by atoms with E-state index in [0.29, 0.717) is 39.1 Å². The maximum Gasteiger partial charge on any atom is 0.407 e. The summed E-state index contributed by atoms with van der Waals surface area (Å²) in [6, 6.07) is 9.76. The van der Waals surface area contributed by atoms with Crippen molar-refractivity contribution in [3.63, 3.8) is 0 Å². The van der Waals surface area contributed by atoms with Crippen LogP contribution in [0.25, 0.3) is 0 Å². The fraction of sp³-hybridized carbons (Fsp3) is 0.615. The largest absolute Gasteiger partial charge is 0.444 e. The second-order valence-electron chi connectivity index (χ2n) is 10.3. The van der Waals surface area contributed by atoms with E-state index in [2.05, 4.69) is 5.32 Å². The summed E-state index contributed by atoms with van der Waals surface area (Å²) >= 11 is 0. The normalized spacial score (nSPS) is 19.8. The highest BCUT2D eigenvalue weighted by Gasteiger charge is 2.39. The number of amides is 4. The number of nitrogens with zero attached hydrogens (tertiary/aromatic N) is 3. The predicted molar refractivity (Wildman–Crippen MR) is 131 cm³/mol. The van der Waals surface area contributed by atoms with Crippen LogP contribution in [0.5, 0.6) is 0 Å². The van der Waals surface area contributed by atoms with Gasteiger partial charge in [0.15, 0.2) is 0 Å². The minimum atomic E-state index is -0.588. The molecule has 192 valence electrons. The van der Waals surface area contributed by atoms with Gasteiger partial charge in [0.05, 0.1) is 12.0 Å². The standard InChI is InChI=1S/C26H38N4O5/c1-19(20-9-6-5-7-10-20)30-18-21(17-23(30)32)24(33)29-14-8-13-28(15-16-29)22(31)11-12-27-25(34)35-26(2,3)4/h5-7,9-10,19,21H,8,11-18H2,1-4H3,(H,27,34). The molecule has 2 fully saturated rings. The minimum absolute atomic E-state index is 0.00353. The molecule has 0 bridgehead atoms. The van der Waals surface area contributed by atoms with Crippen molar-refractivity contribution in [3.05, 3.63) is 35.9 Å². The van der Waals surface area contributed by atoms with Gasteiger partial charge in [0.2, 0.25) is 17.7 Å². The van der Waals surface area contributed by atoms with Gasteiger partial charge >= 0.3 is 6.09 Å². The number of ether oxygens (including phenoxy) is 1. The molecule has 0 radical (unpaired) electrons. The van der Waals surface area contributed by atoms with Crippen LogP contribution >= 0.6 is 0 Å². The predicted octanol–water partition coefficient (Wildman–Crippen LogP) is 2.57. The molecule has 4 amide bonds. The van der Waals surface area contributed by atoms with Gasteiger partial charge in [-0.05, 0) is 39.7 Å². The van der Waals surface area contributed by atoms with Gasteiger partial charge in [-0.3, -0.25) is 14.4 Å². The summed E-state index contributed by atoms with van der Waals surface area (Å²) in [7, 11) is 0. The van der Waals surface area contributed by atoms with E-state index < -0.39 is 11.7 Å². The summed E-state index contributed by atoms with van der Waals surface area (Å²) < 4.78 is 5.18.